The van der Waals surface area contributed by atoms with E-state index >= 15 is 0 Å². The Hall–Kier alpha value is -0.870. The minimum atomic E-state index is -0.0325. The molecule has 2 atom stereocenters. The summed E-state index contributed by atoms with van der Waals surface area (Å²) >= 11 is 6.36. The van der Waals surface area contributed by atoms with Crippen LogP contribution in [0.25, 0.3) is 0 Å². The zero-order valence-electron chi connectivity index (χ0n) is 9.93. The van der Waals surface area contributed by atoms with Crippen LogP contribution in [0.5, 0.6) is 5.88 Å². The van der Waals surface area contributed by atoms with Crippen LogP contribution in [0.15, 0.2) is 12.4 Å². The first-order valence-electron chi connectivity index (χ1n) is 5.90. The van der Waals surface area contributed by atoms with Gasteiger partial charge in [0.05, 0.1) is 18.6 Å². The standard InChI is InChI=1S/C12H17ClN2O2/c1-16-12-7-9(14-8-15-12)6-10(13)11-4-2-3-5-17-11/h7-8,10-11H,2-6H2,1H3. The number of rotatable bonds is 4. The summed E-state index contributed by atoms with van der Waals surface area (Å²) < 4.78 is 10.7. The van der Waals surface area contributed by atoms with Gasteiger partial charge in [0.2, 0.25) is 5.88 Å². The van der Waals surface area contributed by atoms with Gasteiger partial charge >= 0.3 is 0 Å². The molecule has 0 aliphatic carbocycles. The van der Waals surface area contributed by atoms with E-state index in [0.29, 0.717) is 12.3 Å². The molecule has 0 saturated carbocycles. The SMILES string of the molecule is COc1cc(CC(Cl)C2CCCCO2)ncn1. The number of halogens is 1. The van der Waals surface area contributed by atoms with Crippen LogP contribution >= 0.6 is 11.6 Å². The van der Waals surface area contributed by atoms with Crippen LogP contribution in [0.4, 0.5) is 0 Å². The van der Waals surface area contributed by atoms with E-state index in [1.165, 1.54) is 12.7 Å². The van der Waals surface area contributed by atoms with E-state index in [0.717, 1.165) is 25.1 Å². The third-order valence-corrected chi connectivity index (χ3v) is 3.37. The number of hydrogen-bond acceptors (Lipinski definition) is 4. The highest BCUT2D eigenvalue weighted by atomic mass is 35.5. The van der Waals surface area contributed by atoms with E-state index < -0.39 is 0 Å². The maximum absolute atomic E-state index is 6.36. The molecule has 1 aromatic heterocycles. The molecule has 1 saturated heterocycles. The molecule has 4 nitrogen and oxygen atoms in total. The van der Waals surface area contributed by atoms with Crippen molar-refractivity contribution in [3.63, 3.8) is 0 Å². The summed E-state index contributed by atoms with van der Waals surface area (Å²) in [6.07, 6.45) is 5.70. The number of nitrogens with zero attached hydrogens (tertiary/aromatic N) is 2. The van der Waals surface area contributed by atoms with Gasteiger partial charge in [-0.25, -0.2) is 9.97 Å². The highest BCUT2D eigenvalue weighted by Gasteiger charge is 2.23. The number of aromatic nitrogens is 2. The van der Waals surface area contributed by atoms with Gasteiger partial charge < -0.3 is 9.47 Å². The van der Waals surface area contributed by atoms with Crippen LogP contribution in [-0.4, -0.2) is 35.2 Å². The predicted octanol–water partition coefficient (Wildman–Crippen LogP) is 2.20. The highest BCUT2D eigenvalue weighted by molar-refractivity contribution is 6.21. The van der Waals surface area contributed by atoms with Gasteiger partial charge in [0.25, 0.3) is 0 Å². The first-order chi connectivity index (χ1) is 8.29. The van der Waals surface area contributed by atoms with Crippen molar-refractivity contribution in [2.24, 2.45) is 0 Å². The van der Waals surface area contributed by atoms with Crippen molar-refractivity contribution >= 4 is 11.6 Å². The molecule has 1 aliphatic rings. The first-order valence-corrected chi connectivity index (χ1v) is 6.34. The van der Waals surface area contributed by atoms with Crippen LogP contribution in [0.2, 0.25) is 0 Å². The lowest BCUT2D eigenvalue weighted by atomic mass is 10.0. The predicted molar refractivity (Wildman–Crippen MR) is 65.5 cm³/mol. The second-order valence-electron chi connectivity index (χ2n) is 4.18. The van der Waals surface area contributed by atoms with Crippen molar-refractivity contribution in [2.45, 2.75) is 37.2 Å². The van der Waals surface area contributed by atoms with Gasteiger partial charge in [-0.3, -0.25) is 0 Å². The molecule has 0 amide bonds. The molecule has 94 valence electrons. The molecule has 0 radical (unpaired) electrons. The van der Waals surface area contributed by atoms with Crippen molar-refractivity contribution in [3.8, 4) is 5.88 Å². The average molecular weight is 257 g/mol. The Morgan fingerprint density at radius 2 is 2.41 bits per heavy atom. The molecule has 5 heteroatoms. The van der Waals surface area contributed by atoms with Crippen molar-refractivity contribution in [3.05, 3.63) is 18.1 Å². The monoisotopic (exact) mass is 256 g/mol. The van der Waals surface area contributed by atoms with Gasteiger partial charge in [-0.05, 0) is 19.3 Å². The van der Waals surface area contributed by atoms with Crippen molar-refractivity contribution < 1.29 is 9.47 Å². The molecule has 0 N–H and O–H groups in total. The summed E-state index contributed by atoms with van der Waals surface area (Å²) in [5.74, 6) is 0.573. The fourth-order valence-electron chi connectivity index (χ4n) is 1.98. The fourth-order valence-corrected chi connectivity index (χ4v) is 2.34. The van der Waals surface area contributed by atoms with Gasteiger partial charge in [-0.15, -0.1) is 11.6 Å². The quantitative estimate of drug-likeness (QED) is 0.775. The van der Waals surface area contributed by atoms with Gasteiger partial charge in [0.1, 0.15) is 6.33 Å². The van der Waals surface area contributed by atoms with Crippen LogP contribution in [0, 0.1) is 0 Å². The molecular formula is C12H17ClN2O2. The highest BCUT2D eigenvalue weighted by Crippen LogP contribution is 2.22. The van der Waals surface area contributed by atoms with Gasteiger partial charge in [-0.1, -0.05) is 0 Å². The molecule has 2 rings (SSSR count). The maximum atomic E-state index is 6.36. The molecule has 0 bridgehead atoms. The van der Waals surface area contributed by atoms with Gasteiger partial charge in [-0.2, -0.15) is 0 Å². The van der Waals surface area contributed by atoms with Crippen LogP contribution < -0.4 is 4.74 Å². The Balaban J connectivity index is 1.94. The second-order valence-corrected chi connectivity index (χ2v) is 4.74. The number of ether oxygens (including phenoxy) is 2. The van der Waals surface area contributed by atoms with E-state index in [1.807, 2.05) is 6.07 Å². The summed E-state index contributed by atoms with van der Waals surface area (Å²) in [7, 11) is 1.59. The summed E-state index contributed by atoms with van der Waals surface area (Å²) in [6, 6.07) is 1.82. The average Bonchev–Trinajstić information content (AvgIpc) is 2.40. The molecular weight excluding hydrogens is 240 g/mol. The van der Waals surface area contributed by atoms with E-state index in [1.54, 1.807) is 7.11 Å². The van der Waals surface area contributed by atoms with Crippen molar-refractivity contribution in [2.75, 3.05) is 13.7 Å². The Bertz CT molecular complexity index is 356. The lowest BCUT2D eigenvalue weighted by molar-refractivity contribution is 0.0138. The smallest absolute Gasteiger partial charge is 0.216 e. The largest absolute Gasteiger partial charge is 0.481 e. The minimum Gasteiger partial charge on any atom is -0.481 e. The number of methoxy groups -OCH3 is 1. The van der Waals surface area contributed by atoms with E-state index in [-0.39, 0.29) is 11.5 Å². The zero-order valence-corrected chi connectivity index (χ0v) is 10.7. The van der Waals surface area contributed by atoms with Crippen molar-refractivity contribution in [1.82, 2.24) is 9.97 Å². The summed E-state index contributed by atoms with van der Waals surface area (Å²) in [5, 5.41) is -0.0325. The first kappa shape index (κ1) is 12.6. The summed E-state index contributed by atoms with van der Waals surface area (Å²) in [4.78, 5) is 8.16. The summed E-state index contributed by atoms with van der Waals surface area (Å²) in [5.41, 5.74) is 0.894. The zero-order chi connectivity index (χ0) is 12.1. The number of alkyl halides is 1. The molecule has 2 unspecified atom stereocenters. The molecule has 1 aromatic rings. The normalized spacial score (nSPS) is 22.1. The summed E-state index contributed by atoms with van der Waals surface area (Å²) in [6.45, 7) is 0.820. The van der Waals surface area contributed by atoms with E-state index in [2.05, 4.69) is 9.97 Å². The molecule has 1 fully saturated rings. The topological polar surface area (TPSA) is 44.2 Å². The molecule has 17 heavy (non-hydrogen) atoms. The lowest BCUT2D eigenvalue weighted by Crippen LogP contribution is -2.30. The Kier molecular flexibility index (Phi) is 4.57. The van der Waals surface area contributed by atoms with Crippen LogP contribution in [0.1, 0.15) is 25.0 Å². The van der Waals surface area contributed by atoms with Crippen molar-refractivity contribution in [1.29, 1.82) is 0 Å². The second kappa shape index (κ2) is 6.17. The Morgan fingerprint density at radius 3 is 3.12 bits per heavy atom. The Labute approximate surface area is 106 Å². The van der Waals surface area contributed by atoms with Gasteiger partial charge in [0, 0.05) is 24.8 Å². The van der Waals surface area contributed by atoms with E-state index in [9.17, 15) is 0 Å². The molecule has 1 aliphatic heterocycles. The third-order valence-electron chi connectivity index (χ3n) is 2.93. The van der Waals surface area contributed by atoms with Gasteiger partial charge in [0.15, 0.2) is 0 Å². The van der Waals surface area contributed by atoms with E-state index in [4.69, 9.17) is 21.1 Å². The molecule has 0 spiro atoms. The number of hydrogen-bond donors (Lipinski definition) is 0. The molecule has 0 aromatic carbocycles. The minimum absolute atomic E-state index is 0.0325. The molecule has 2 heterocycles. The maximum Gasteiger partial charge on any atom is 0.216 e. The van der Waals surface area contributed by atoms with Crippen LogP contribution in [-0.2, 0) is 11.2 Å². The fraction of sp³-hybridized carbons (Fsp3) is 0.667. The Morgan fingerprint density at radius 1 is 1.53 bits per heavy atom. The lowest BCUT2D eigenvalue weighted by Gasteiger charge is -2.26. The van der Waals surface area contributed by atoms with Crippen LogP contribution in [0.3, 0.4) is 0 Å². The third kappa shape index (κ3) is 3.54.